The quantitative estimate of drug-likeness (QED) is 0.844. The Balaban J connectivity index is 2.42. The number of aromatic carboxylic acids is 2. The van der Waals surface area contributed by atoms with E-state index in [-0.39, 0.29) is 28.4 Å². The Morgan fingerprint density at radius 3 is 1.87 bits per heavy atom. The van der Waals surface area contributed by atoms with E-state index in [1.807, 2.05) is 0 Å². The van der Waals surface area contributed by atoms with E-state index in [9.17, 15) is 9.59 Å². The Hall–Kier alpha value is -3.22. The molecule has 2 rings (SSSR count). The summed E-state index contributed by atoms with van der Waals surface area (Å²) >= 11 is 0. The molecule has 23 heavy (non-hydrogen) atoms. The molecule has 0 unspecified atom stereocenters. The van der Waals surface area contributed by atoms with E-state index < -0.39 is 11.9 Å². The van der Waals surface area contributed by atoms with Crippen molar-refractivity contribution >= 4 is 11.9 Å². The van der Waals surface area contributed by atoms with Crippen LogP contribution in [0.4, 0.5) is 0 Å². The average molecular weight is 318 g/mol. The Kier molecular flexibility index (Phi) is 4.70. The SMILES string of the molecule is COc1cc(C(=O)O)cc(Oc2ccc(C(=O)O)cc2)c1OC. The third-order valence-electron chi connectivity index (χ3n) is 3.02. The van der Waals surface area contributed by atoms with Crippen LogP contribution in [0.2, 0.25) is 0 Å². The number of ether oxygens (including phenoxy) is 3. The van der Waals surface area contributed by atoms with Crippen molar-refractivity contribution in [2.24, 2.45) is 0 Å². The van der Waals surface area contributed by atoms with Gasteiger partial charge in [-0.2, -0.15) is 0 Å². The molecule has 120 valence electrons. The van der Waals surface area contributed by atoms with E-state index in [1.54, 1.807) is 0 Å². The summed E-state index contributed by atoms with van der Waals surface area (Å²) in [5, 5.41) is 18.0. The minimum absolute atomic E-state index is 0.0280. The lowest BCUT2D eigenvalue weighted by Crippen LogP contribution is -2.01. The first-order chi connectivity index (χ1) is 11.0. The molecule has 0 heterocycles. The third-order valence-corrected chi connectivity index (χ3v) is 3.02. The molecular formula is C16H14O7. The molecule has 0 bridgehead atoms. The first-order valence-electron chi connectivity index (χ1n) is 6.46. The van der Waals surface area contributed by atoms with Crippen molar-refractivity contribution in [3.63, 3.8) is 0 Å². The molecule has 7 heteroatoms. The first kappa shape index (κ1) is 16.2. The molecule has 0 aromatic heterocycles. The Morgan fingerprint density at radius 1 is 0.826 bits per heavy atom. The van der Waals surface area contributed by atoms with Crippen LogP contribution in [0, 0.1) is 0 Å². The van der Waals surface area contributed by atoms with Crippen LogP contribution in [-0.2, 0) is 0 Å². The first-order valence-corrected chi connectivity index (χ1v) is 6.46. The van der Waals surface area contributed by atoms with E-state index in [0.29, 0.717) is 5.75 Å². The summed E-state index contributed by atoms with van der Waals surface area (Å²) in [5.74, 6) is -1.27. The maximum Gasteiger partial charge on any atom is 0.335 e. The van der Waals surface area contributed by atoms with Crippen LogP contribution in [0.5, 0.6) is 23.0 Å². The van der Waals surface area contributed by atoms with Crippen molar-refractivity contribution in [3.8, 4) is 23.0 Å². The Labute approximate surface area is 131 Å². The standard InChI is InChI=1S/C16H14O7/c1-21-12-7-10(16(19)20)8-13(14(12)22-2)23-11-5-3-9(4-6-11)15(17)18/h3-8H,1-2H3,(H,17,18)(H,19,20). The zero-order chi connectivity index (χ0) is 17.0. The predicted octanol–water partition coefficient (Wildman–Crippen LogP) is 2.89. The van der Waals surface area contributed by atoms with Gasteiger partial charge in [-0.1, -0.05) is 0 Å². The Bertz CT molecular complexity index is 735. The summed E-state index contributed by atoms with van der Waals surface area (Å²) < 4.78 is 15.9. The highest BCUT2D eigenvalue weighted by atomic mass is 16.5. The summed E-state index contributed by atoms with van der Waals surface area (Å²) in [6.07, 6.45) is 0. The molecule has 0 saturated carbocycles. The van der Waals surface area contributed by atoms with Crippen LogP contribution in [0.25, 0.3) is 0 Å². The highest BCUT2D eigenvalue weighted by Crippen LogP contribution is 2.40. The maximum absolute atomic E-state index is 11.2. The molecule has 2 aromatic rings. The van der Waals surface area contributed by atoms with Gasteiger partial charge in [-0.15, -0.1) is 0 Å². The fourth-order valence-electron chi connectivity index (χ4n) is 1.92. The van der Waals surface area contributed by atoms with Gasteiger partial charge in [0, 0.05) is 0 Å². The van der Waals surface area contributed by atoms with Gasteiger partial charge in [0.25, 0.3) is 0 Å². The van der Waals surface area contributed by atoms with Crippen LogP contribution < -0.4 is 14.2 Å². The lowest BCUT2D eigenvalue weighted by atomic mass is 10.1. The molecule has 2 aromatic carbocycles. The fourth-order valence-corrected chi connectivity index (χ4v) is 1.92. The minimum Gasteiger partial charge on any atom is -0.493 e. The van der Waals surface area contributed by atoms with E-state index in [0.717, 1.165) is 0 Å². The van der Waals surface area contributed by atoms with Gasteiger partial charge in [-0.05, 0) is 36.4 Å². The third kappa shape index (κ3) is 3.52. The smallest absolute Gasteiger partial charge is 0.335 e. The van der Waals surface area contributed by atoms with Gasteiger partial charge in [-0.3, -0.25) is 0 Å². The lowest BCUT2D eigenvalue weighted by molar-refractivity contribution is 0.0685. The van der Waals surface area contributed by atoms with Crippen molar-refractivity contribution in [2.75, 3.05) is 14.2 Å². The van der Waals surface area contributed by atoms with E-state index in [4.69, 9.17) is 24.4 Å². The summed E-state index contributed by atoms with van der Waals surface area (Å²) in [6, 6.07) is 8.30. The number of rotatable bonds is 6. The number of methoxy groups -OCH3 is 2. The molecule has 0 saturated heterocycles. The van der Waals surface area contributed by atoms with Crippen LogP contribution in [0.1, 0.15) is 20.7 Å². The van der Waals surface area contributed by atoms with Crippen molar-refractivity contribution in [1.82, 2.24) is 0 Å². The molecule has 0 atom stereocenters. The van der Waals surface area contributed by atoms with Crippen molar-refractivity contribution < 1.29 is 34.0 Å². The lowest BCUT2D eigenvalue weighted by Gasteiger charge is -2.14. The van der Waals surface area contributed by atoms with E-state index >= 15 is 0 Å². The summed E-state index contributed by atoms with van der Waals surface area (Å²) in [5.41, 5.74) is 0.0842. The number of hydrogen-bond donors (Lipinski definition) is 2. The topological polar surface area (TPSA) is 102 Å². The Morgan fingerprint density at radius 2 is 1.39 bits per heavy atom. The highest BCUT2D eigenvalue weighted by molar-refractivity contribution is 5.89. The molecule has 0 aliphatic rings. The van der Waals surface area contributed by atoms with Crippen molar-refractivity contribution in [1.29, 1.82) is 0 Å². The average Bonchev–Trinajstić information content (AvgIpc) is 2.54. The molecule has 0 fully saturated rings. The van der Waals surface area contributed by atoms with Crippen LogP contribution in [-0.4, -0.2) is 36.4 Å². The zero-order valence-corrected chi connectivity index (χ0v) is 12.4. The number of benzene rings is 2. The highest BCUT2D eigenvalue weighted by Gasteiger charge is 2.17. The van der Waals surface area contributed by atoms with Crippen molar-refractivity contribution in [2.45, 2.75) is 0 Å². The summed E-state index contributed by atoms with van der Waals surface area (Å²) in [6.45, 7) is 0. The molecular weight excluding hydrogens is 304 g/mol. The van der Waals surface area contributed by atoms with Gasteiger partial charge in [-0.25, -0.2) is 9.59 Å². The monoisotopic (exact) mass is 318 g/mol. The second-order valence-electron chi connectivity index (χ2n) is 4.45. The molecule has 7 nitrogen and oxygen atoms in total. The molecule has 0 radical (unpaired) electrons. The molecule has 0 aliphatic carbocycles. The summed E-state index contributed by atoms with van der Waals surface area (Å²) in [4.78, 5) is 22.0. The zero-order valence-electron chi connectivity index (χ0n) is 12.4. The normalized spacial score (nSPS) is 10.0. The molecule has 0 aliphatic heterocycles. The van der Waals surface area contributed by atoms with Crippen LogP contribution in [0.3, 0.4) is 0 Å². The maximum atomic E-state index is 11.2. The van der Waals surface area contributed by atoms with Gasteiger partial charge in [0.15, 0.2) is 11.5 Å². The minimum atomic E-state index is -1.14. The van der Waals surface area contributed by atoms with Crippen molar-refractivity contribution in [3.05, 3.63) is 47.5 Å². The molecule has 2 N–H and O–H groups in total. The van der Waals surface area contributed by atoms with Gasteiger partial charge in [0.1, 0.15) is 5.75 Å². The molecule has 0 spiro atoms. The summed E-state index contributed by atoms with van der Waals surface area (Å²) in [7, 11) is 2.79. The van der Waals surface area contributed by atoms with Crippen LogP contribution in [0.15, 0.2) is 36.4 Å². The number of carbonyl (C=O) groups is 2. The van der Waals surface area contributed by atoms with E-state index in [1.165, 1.54) is 50.6 Å². The largest absolute Gasteiger partial charge is 0.493 e. The number of hydrogen-bond acceptors (Lipinski definition) is 5. The number of carboxylic acids is 2. The number of carboxylic acid groups (broad SMARTS) is 2. The fraction of sp³-hybridized carbons (Fsp3) is 0.125. The van der Waals surface area contributed by atoms with Gasteiger partial charge >= 0.3 is 11.9 Å². The molecule has 0 amide bonds. The van der Waals surface area contributed by atoms with Gasteiger partial charge < -0.3 is 24.4 Å². The second kappa shape index (κ2) is 6.69. The van der Waals surface area contributed by atoms with E-state index in [2.05, 4.69) is 0 Å². The van der Waals surface area contributed by atoms with Gasteiger partial charge in [0.05, 0.1) is 25.3 Å². The predicted molar refractivity (Wildman–Crippen MR) is 80.0 cm³/mol. The second-order valence-corrected chi connectivity index (χ2v) is 4.45. The van der Waals surface area contributed by atoms with Crippen LogP contribution >= 0.6 is 0 Å². The van der Waals surface area contributed by atoms with Gasteiger partial charge in [0.2, 0.25) is 5.75 Å².